The monoisotopic (exact) mass is 371 g/mol. The molecule has 0 N–H and O–H groups in total. The SMILES string of the molecule is O=S(=O)(CCOc1ccc(Cc2cccnc2)cc1)c1ccc(F)cc1. The van der Waals surface area contributed by atoms with Gasteiger partial charge < -0.3 is 4.74 Å². The number of pyridine rings is 1. The second kappa shape index (κ2) is 8.10. The summed E-state index contributed by atoms with van der Waals surface area (Å²) in [6.07, 6.45) is 4.33. The zero-order chi connectivity index (χ0) is 18.4. The number of hydrogen-bond acceptors (Lipinski definition) is 4. The first-order valence-electron chi connectivity index (χ1n) is 8.12. The molecule has 0 amide bonds. The van der Waals surface area contributed by atoms with Crippen molar-refractivity contribution < 1.29 is 17.5 Å². The Morgan fingerprint density at radius 1 is 0.923 bits per heavy atom. The third-order valence-electron chi connectivity index (χ3n) is 3.85. The second-order valence-electron chi connectivity index (χ2n) is 5.80. The highest BCUT2D eigenvalue weighted by atomic mass is 32.2. The molecule has 134 valence electrons. The summed E-state index contributed by atoms with van der Waals surface area (Å²) in [5, 5.41) is 0. The molecule has 0 aliphatic rings. The van der Waals surface area contributed by atoms with Crippen LogP contribution in [0.25, 0.3) is 0 Å². The topological polar surface area (TPSA) is 56.3 Å². The van der Waals surface area contributed by atoms with Gasteiger partial charge in [0.15, 0.2) is 9.84 Å². The van der Waals surface area contributed by atoms with Gasteiger partial charge in [0.2, 0.25) is 0 Å². The lowest BCUT2D eigenvalue weighted by Gasteiger charge is -2.08. The molecule has 0 atom stereocenters. The van der Waals surface area contributed by atoms with Gasteiger partial charge in [0, 0.05) is 12.4 Å². The third kappa shape index (κ3) is 4.89. The van der Waals surface area contributed by atoms with Gasteiger partial charge in [0.25, 0.3) is 0 Å². The van der Waals surface area contributed by atoms with Gasteiger partial charge in [0.05, 0.1) is 10.6 Å². The first kappa shape index (κ1) is 18.1. The van der Waals surface area contributed by atoms with Crippen LogP contribution in [0.5, 0.6) is 5.75 Å². The average Bonchev–Trinajstić information content (AvgIpc) is 2.64. The maximum absolute atomic E-state index is 12.9. The van der Waals surface area contributed by atoms with Crippen molar-refractivity contribution in [3.63, 3.8) is 0 Å². The lowest BCUT2D eigenvalue weighted by atomic mass is 10.1. The Bertz CT molecular complexity index is 941. The van der Waals surface area contributed by atoms with E-state index in [4.69, 9.17) is 4.74 Å². The van der Waals surface area contributed by atoms with Crippen molar-refractivity contribution in [1.82, 2.24) is 4.98 Å². The molecule has 1 heterocycles. The molecule has 0 saturated heterocycles. The van der Waals surface area contributed by atoms with Crippen LogP contribution in [0.4, 0.5) is 4.39 Å². The minimum Gasteiger partial charge on any atom is -0.493 e. The van der Waals surface area contributed by atoms with Crippen molar-refractivity contribution in [2.75, 3.05) is 12.4 Å². The molecule has 0 radical (unpaired) electrons. The number of sulfone groups is 1. The van der Waals surface area contributed by atoms with E-state index < -0.39 is 15.7 Å². The van der Waals surface area contributed by atoms with Gasteiger partial charge in [-0.15, -0.1) is 0 Å². The summed E-state index contributed by atoms with van der Waals surface area (Å²) in [4.78, 5) is 4.18. The Morgan fingerprint density at radius 3 is 2.31 bits per heavy atom. The fourth-order valence-electron chi connectivity index (χ4n) is 2.47. The lowest BCUT2D eigenvalue weighted by Crippen LogP contribution is -2.14. The lowest BCUT2D eigenvalue weighted by molar-refractivity contribution is 0.341. The number of hydrogen-bond donors (Lipinski definition) is 0. The minimum atomic E-state index is -3.49. The summed E-state index contributed by atoms with van der Waals surface area (Å²) >= 11 is 0. The summed E-state index contributed by atoms with van der Waals surface area (Å²) in [7, 11) is -3.49. The van der Waals surface area contributed by atoms with Gasteiger partial charge in [0.1, 0.15) is 18.2 Å². The fourth-order valence-corrected chi connectivity index (χ4v) is 3.56. The normalized spacial score (nSPS) is 11.3. The smallest absolute Gasteiger partial charge is 0.181 e. The Morgan fingerprint density at radius 2 is 1.65 bits per heavy atom. The Kier molecular flexibility index (Phi) is 5.63. The minimum absolute atomic E-state index is 0.0294. The quantitative estimate of drug-likeness (QED) is 0.595. The van der Waals surface area contributed by atoms with Crippen LogP contribution in [0.1, 0.15) is 11.1 Å². The highest BCUT2D eigenvalue weighted by molar-refractivity contribution is 7.91. The molecule has 0 bridgehead atoms. The molecule has 2 aromatic carbocycles. The maximum atomic E-state index is 12.9. The zero-order valence-electron chi connectivity index (χ0n) is 14.0. The molecule has 1 aromatic heterocycles. The van der Waals surface area contributed by atoms with Crippen LogP contribution in [-0.4, -0.2) is 25.8 Å². The van der Waals surface area contributed by atoms with Gasteiger partial charge >= 0.3 is 0 Å². The van der Waals surface area contributed by atoms with Crippen LogP contribution in [0.2, 0.25) is 0 Å². The maximum Gasteiger partial charge on any atom is 0.181 e. The molecule has 0 spiro atoms. The summed E-state index contributed by atoms with van der Waals surface area (Å²) < 4.78 is 42.8. The molecule has 3 aromatic rings. The molecule has 0 fully saturated rings. The number of halogens is 1. The van der Waals surface area contributed by atoms with E-state index in [1.807, 2.05) is 42.6 Å². The van der Waals surface area contributed by atoms with Crippen LogP contribution < -0.4 is 4.74 Å². The third-order valence-corrected chi connectivity index (χ3v) is 5.54. The van der Waals surface area contributed by atoms with E-state index in [0.29, 0.717) is 5.75 Å². The predicted octanol–water partition coefficient (Wildman–Crippen LogP) is 3.66. The van der Waals surface area contributed by atoms with Crippen molar-refractivity contribution in [3.8, 4) is 5.75 Å². The van der Waals surface area contributed by atoms with Crippen LogP contribution in [0, 0.1) is 5.82 Å². The van der Waals surface area contributed by atoms with Crippen LogP contribution in [0.3, 0.4) is 0 Å². The molecular formula is C20H18FNO3S. The van der Waals surface area contributed by atoms with Gasteiger partial charge in [-0.1, -0.05) is 18.2 Å². The van der Waals surface area contributed by atoms with Crippen LogP contribution >= 0.6 is 0 Å². The van der Waals surface area contributed by atoms with E-state index in [2.05, 4.69) is 4.98 Å². The first-order valence-corrected chi connectivity index (χ1v) is 9.77. The van der Waals surface area contributed by atoms with E-state index in [0.717, 1.165) is 29.7 Å². The number of ether oxygens (including phenoxy) is 1. The Balaban J connectivity index is 1.54. The first-order chi connectivity index (χ1) is 12.5. The van der Waals surface area contributed by atoms with Crippen LogP contribution in [0.15, 0.2) is 78.0 Å². The second-order valence-corrected chi connectivity index (χ2v) is 7.91. The van der Waals surface area contributed by atoms with Crippen LogP contribution in [-0.2, 0) is 16.3 Å². The van der Waals surface area contributed by atoms with E-state index in [1.54, 1.807) is 6.20 Å². The van der Waals surface area contributed by atoms with Crippen molar-refractivity contribution in [1.29, 1.82) is 0 Å². The van der Waals surface area contributed by atoms with Gasteiger partial charge in [-0.05, 0) is 60.0 Å². The number of nitrogens with zero attached hydrogens (tertiary/aromatic N) is 1. The summed E-state index contributed by atoms with van der Waals surface area (Å²) in [6.45, 7) is 0.0294. The Hall–Kier alpha value is -2.73. The molecule has 0 saturated carbocycles. The largest absolute Gasteiger partial charge is 0.493 e. The van der Waals surface area contributed by atoms with Crippen molar-refractivity contribution in [2.24, 2.45) is 0 Å². The number of aromatic nitrogens is 1. The van der Waals surface area contributed by atoms with Crippen molar-refractivity contribution in [2.45, 2.75) is 11.3 Å². The summed E-state index contributed by atoms with van der Waals surface area (Å²) in [5.41, 5.74) is 2.23. The standard InChI is InChI=1S/C20H18FNO3S/c21-18-5-9-20(10-6-18)26(23,24)13-12-25-19-7-3-16(4-8-19)14-17-2-1-11-22-15-17/h1-11,15H,12-14H2. The van der Waals surface area contributed by atoms with Crippen molar-refractivity contribution in [3.05, 3.63) is 90.0 Å². The fraction of sp³-hybridized carbons (Fsp3) is 0.150. The highest BCUT2D eigenvalue weighted by Gasteiger charge is 2.14. The van der Waals surface area contributed by atoms with E-state index in [9.17, 15) is 12.8 Å². The molecule has 26 heavy (non-hydrogen) atoms. The molecule has 0 unspecified atom stereocenters. The molecule has 3 rings (SSSR count). The highest BCUT2D eigenvalue weighted by Crippen LogP contribution is 2.16. The Labute approximate surface area is 152 Å². The predicted molar refractivity (Wildman–Crippen MR) is 97.4 cm³/mol. The molecular weight excluding hydrogens is 353 g/mol. The zero-order valence-corrected chi connectivity index (χ0v) is 14.8. The van der Waals surface area contributed by atoms with Gasteiger partial charge in [-0.3, -0.25) is 4.98 Å². The summed E-state index contributed by atoms with van der Waals surface area (Å²) in [6, 6.07) is 16.2. The molecule has 4 nitrogen and oxygen atoms in total. The van der Waals surface area contributed by atoms with Gasteiger partial charge in [-0.25, -0.2) is 12.8 Å². The van der Waals surface area contributed by atoms with Crippen molar-refractivity contribution >= 4 is 9.84 Å². The molecule has 0 aliphatic carbocycles. The molecule has 6 heteroatoms. The van der Waals surface area contributed by atoms with E-state index in [1.165, 1.54) is 12.1 Å². The van der Waals surface area contributed by atoms with E-state index in [-0.39, 0.29) is 17.3 Å². The molecule has 0 aliphatic heterocycles. The number of benzene rings is 2. The number of rotatable bonds is 7. The van der Waals surface area contributed by atoms with Gasteiger partial charge in [-0.2, -0.15) is 0 Å². The van der Waals surface area contributed by atoms with E-state index >= 15 is 0 Å². The average molecular weight is 371 g/mol. The summed E-state index contributed by atoms with van der Waals surface area (Å²) in [5.74, 6) is -0.0309.